The van der Waals surface area contributed by atoms with Crippen molar-refractivity contribution in [3.63, 3.8) is 0 Å². The molecule has 0 amide bonds. The van der Waals surface area contributed by atoms with E-state index in [0.29, 0.717) is 0 Å². The smallest absolute Gasteiger partial charge is 0.148 e. The summed E-state index contributed by atoms with van der Waals surface area (Å²) >= 11 is 0. The van der Waals surface area contributed by atoms with Crippen molar-refractivity contribution in [3.8, 4) is 0 Å². The maximum absolute atomic E-state index is 12.7. The van der Waals surface area contributed by atoms with Gasteiger partial charge in [0.15, 0.2) is 0 Å². The van der Waals surface area contributed by atoms with Crippen molar-refractivity contribution in [1.29, 1.82) is 0 Å². The fourth-order valence-corrected chi connectivity index (χ4v) is 3.45. The van der Waals surface area contributed by atoms with Crippen LogP contribution < -0.4 is 0 Å². The number of rotatable bonds is 12. The zero-order chi connectivity index (χ0) is 20.1. The van der Waals surface area contributed by atoms with Crippen LogP contribution in [-0.2, 0) is 14.3 Å². The Bertz CT molecular complexity index is 518. The van der Waals surface area contributed by atoms with Crippen LogP contribution in [0.3, 0.4) is 0 Å². The predicted molar refractivity (Wildman–Crippen MR) is 95.3 cm³/mol. The van der Waals surface area contributed by atoms with Crippen LogP contribution in [0.1, 0.15) is 40.5 Å². The summed E-state index contributed by atoms with van der Waals surface area (Å²) in [6, 6.07) is 0. The van der Waals surface area contributed by atoms with E-state index < -0.39 is 48.6 Å². The van der Waals surface area contributed by atoms with E-state index in [0.717, 1.165) is 0 Å². The highest BCUT2D eigenvalue weighted by Crippen LogP contribution is 2.46. The zero-order valence-corrected chi connectivity index (χ0v) is 16.0. The minimum absolute atomic E-state index is 0.0236. The lowest BCUT2D eigenvalue weighted by molar-refractivity contribution is -0.140. The molecule has 7 heteroatoms. The summed E-state index contributed by atoms with van der Waals surface area (Å²) in [5.41, 5.74) is -0.994. The van der Waals surface area contributed by atoms with Gasteiger partial charge in [-0.1, -0.05) is 26.0 Å². The third kappa shape index (κ3) is 4.98. The number of aliphatic hydroxyl groups is 4. The van der Waals surface area contributed by atoms with Gasteiger partial charge in [-0.15, -0.1) is 0 Å². The Hall–Kier alpha value is -1.12. The maximum atomic E-state index is 12.7. The fourth-order valence-electron chi connectivity index (χ4n) is 3.45. The molecule has 4 N–H and O–H groups in total. The number of Topliss-reactive ketones (excluding diaryl/α,β-unsaturated/α-hetero) is 2. The van der Waals surface area contributed by atoms with E-state index in [1.165, 1.54) is 0 Å². The molecule has 0 spiro atoms. The van der Waals surface area contributed by atoms with Gasteiger partial charge in [0.25, 0.3) is 0 Å². The van der Waals surface area contributed by atoms with Gasteiger partial charge in [0.1, 0.15) is 17.2 Å². The normalized spacial score (nSPS) is 28.4. The first-order valence-electron chi connectivity index (χ1n) is 9.11. The van der Waals surface area contributed by atoms with Crippen LogP contribution in [0.4, 0.5) is 0 Å². The third-order valence-electron chi connectivity index (χ3n) is 5.25. The average molecular weight is 372 g/mol. The summed E-state index contributed by atoms with van der Waals surface area (Å²) < 4.78 is 5.63. The number of carbonyl (C=O) groups excluding carboxylic acids is 2. The molecule has 0 aromatic heterocycles. The van der Waals surface area contributed by atoms with Gasteiger partial charge in [-0.3, -0.25) is 9.59 Å². The van der Waals surface area contributed by atoms with E-state index in [4.69, 9.17) is 4.74 Å². The summed E-state index contributed by atoms with van der Waals surface area (Å²) in [4.78, 5) is 24.2. The first kappa shape index (κ1) is 22.9. The Kier molecular flexibility index (Phi) is 8.56. The van der Waals surface area contributed by atoms with Crippen molar-refractivity contribution in [1.82, 2.24) is 0 Å². The molecule has 0 saturated carbocycles. The first-order valence-corrected chi connectivity index (χ1v) is 9.11. The van der Waals surface area contributed by atoms with Crippen molar-refractivity contribution < 1.29 is 34.8 Å². The molecule has 26 heavy (non-hydrogen) atoms. The number of carbonyl (C=O) groups is 2. The Balaban J connectivity index is 2.88. The van der Waals surface area contributed by atoms with Crippen molar-refractivity contribution >= 4 is 11.6 Å². The molecule has 1 rings (SSSR count). The summed E-state index contributed by atoms with van der Waals surface area (Å²) in [7, 11) is 0. The Labute approximate surface area is 154 Å². The number of hydrogen-bond donors (Lipinski definition) is 4. The number of epoxide rings is 1. The summed E-state index contributed by atoms with van der Waals surface area (Å²) in [6.07, 6.45) is 0.816. The summed E-state index contributed by atoms with van der Waals surface area (Å²) in [5.74, 6) is -3.34. The molecule has 1 fully saturated rings. The van der Waals surface area contributed by atoms with E-state index in [2.05, 4.69) is 0 Å². The van der Waals surface area contributed by atoms with Crippen LogP contribution in [0.2, 0.25) is 0 Å². The molecule has 1 aliphatic rings. The lowest BCUT2D eigenvalue weighted by Gasteiger charge is -2.28. The van der Waals surface area contributed by atoms with Crippen LogP contribution in [-0.4, -0.2) is 69.1 Å². The number of aliphatic hydroxyl groups excluding tert-OH is 4. The first-order chi connectivity index (χ1) is 12.2. The highest BCUT2D eigenvalue weighted by atomic mass is 16.6. The van der Waals surface area contributed by atoms with Crippen LogP contribution >= 0.6 is 0 Å². The van der Waals surface area contributed by atoms with Gasteiger partial charge >= 0.3 is 0 Å². The predicted octanol–water partition coefficient (Wildman–Crippen LogP) is 0.233. The zero-order valence-electron chi connectivity index (χ0n) is 16.0. The molecule has 150 valence electrons. The van der Waals surface area contributed by atoms with Gasteiger partial charge in [-0.2, -0.15) is 0 Å². The minimum atomic E-state index is -1.35. The quantitative estimate of drug-likeness (QED) is 0.285. The molecule has 0 bridgehead atoms. The SMILES string of the molecule is C/C=C\[C@H](C)[C@H]1O[C@]1(C)[C@@H](O)[C@@H](CO)C(=O)C(CO)C(O)CC(=O)CC. The number of ketones is 2. The van der Waals surface area contributed by atoms with Gasteiger partial charge in [-0.25, -0.2) is 0 Å². The molecule has 0 aromatic rings. The summed E-state index contributed by atoms with van der Waals surface area (Å²) in [6.45, 7) is 5.79. The molecular weight excluding hydrogens is 340 g/mol. The second-order valence-electron chi connectivity index (χ2n) is 7.20. The molecule has 1 aliphatic heterocycles. The molecular formula is C19H32O7. The van der Waals surface area contributed by atoms with Crippen LogP contribution in [0.5, 0.6) is 0 Å². The molecule has 7 nitrogen and oxygen atoms in total. The van der Waals surface area contributed by atoms with Gasteiger partial charge in [0.05, 0.1) is 43.4 Å². The van der Waals surface area contributed by atoms with Gasteiger partial charge < -0.3 is 25.2 Å². The molecule has 1 heterocycles. The van der Waals surface area contributed by atoms with Crippen molar-refractivity contribution in [2.24, 2.45) is 17.8 Å². The van der Waals surface area contributed by atoms with E-state index in [1.807, 2.05) is 26.0 Å². The fraction of sp³-hybridized carbons (Fsp3) is 0.789. The van der Waals surface area contributed by atoms with Crippen molar-refractivity contribution in [2.45, 2.75) is 64.4 Å². The highest BCUT2D eigenvalue weighted by molar-refractivity contribution is 5.86. The molecule has 0 aliphatic carbocycles. The van der Waals surface area contributed by atoms with E-state index >= 15 is 0 Å². The van der Waals surface area contributed by atoms with E-state index in [9.17, 15) is 30.0 Å². The van der Waals surface area contributed by atoms with E-state index in [1.54, 1.807) is 13.8 Å². The average Bonchev–Trinajstić information content (AvgIpc) is 3.29. The molecule has 2 unspecified atom stereocenters. The maximum Gasteiger partial charge on any atom is 0.148 e. The Morgan fingerprint density at radius 1 is 1.19 bits per heavy atom. The third-order valence-corrected chi connectivity index (χ3v) is 5.25. The number of ether oxygens (including phenoxy) is 1. The molecule has 0 radical (unpaired) electrons. The second-order valence-corrected chi connectivity index (χ2v) is 7.20. The van der Waals surface area contributed by atoms with E-state index in [-0.39, 0.29) is 30.6 Å². The van der Waals surface area contributed by atoms with Crippen molar-refractivity contribution in [2.75, 3.05) is 13.2 Å². The van der Waals surface area contributed by atoms with Gasteiger partial charge in [-0.05, 0) is 13.8 Å². The highest BCUT2D eigenvalue weighted by Gasteiger charge is 2.61. The second kappa shape index (κ2) is 9.71. The Morgan fingerprint density at radius 2 is 1.77 bits per heavy atom. The lowest BCUT2D eigenvalue weighted by atomic mass is 9.79. The van der Waals surface area contributed by atoms with Crippen LogP contribution in [0.25, 0.3) is 0 Å². The molecule has 0 aromatic carbocycles. The van der Waals surface area contributed by atoms with Crippen molar-refractivity contribution in [3.05, 3.63) is 12.2 Å². The number of hydrogen-bond acceptors (Lipinski definition) is 7. The molecule has 7 atom stereocenters. The topological polar surface area (TPSA) is 128 Å². The molecule has 1 saturated heterocycles. The van der Waals surface area contributed by atoms with Gasteiger partial charge in [0.2, 0.25) is 0 Å². The number of allylic oxidation sites excluding steroid dienone is 1. The minimum Gasteiger partial charge on any atom is -0.396 e. The largest absolute Gasteiger partial charge is 0.396 e. The van der Waals surface area contributed by atoms with Crippen LogP contribution in [0, 0.1) is 17.8 Å². The van der Waals surface area contributed by atoms with Crippen LogP contribution in [0.15, 0.2) is 12.2 Å². The lowest BCUT2D eigenvalue weighted by Crippen LogP contribution is -2.47. The standard InChI is InChI=1S/C19H32O7/c1-5-7-11(3)18-19(4,26-18)17(25)14(10-21)16(24)13(9-20)15(23)8-12(22)6-2/h5,7,11,13-15,17-18,20-21,23,25H,6,8-10H2,1-4H3/b7-5-/t11-,13?,14-,15?,17-,18+,19+/m0/s1. The summed E-state index contributed by atoms with van der Waals surface area (Å²) in [5, 5.41) is 40.0. The van der Waals surface area contributed by atoms with Gasteiger partial charge in [0, 0.05) is 18.8 Å². The monoisotopic (exact) mass is 372 g/mol. The Morgan fingerprint density at radius 3 is 2.23 bits per heavy atom.